The van der Waals surface area contributed by atoms with Gasteiger partial charge in [0, 0.05) is 15.9 Å². The largest absolute Gasteiger partial charge is 0.256 e. The molecule has 0 aliphatic rings. The Morgan fingerprint density at radius 1 is 0.789 bits per heavy atom. The van der Waals surface area contributed by atoms with Gasteiger partial charge in [0.15, 0.2) is 0 Å². The third kappa shape index (κ3) is 2.55. The lowest BCUT2D eigenvalue weighted by Gasteiger charge is -2.05. The summed E-state index contributed by atoms with van der Waals surface area (Å²) in [6, 6.07) is 21.6. The standard InChI is InChI=1S/C18H15N/c1-14-10-11-18(19-13-14)17-9-5-8-16(12-17)15-6-3-2-4-7-15/h2-13H,1H3/i1D3. The highest BCUT2D eigenvalue weighted by Crippen LogP contribution is 2.25. The molecule has 1 heterocycles. The Kier molecular flexibility index (Phi) is 2.31. The van der Waals surface area contributed by atoms with E-state index >= 15 is 0 Å². The van der Waals surface area contributed by atoms with Crippen LogP contribution in [0, 0.1) is 6.85 Å². The van der Waals surface area contributed by atoms with Gasteiger partial charge in [0.1, 0.15) is 0 Å². The predicted octanol–water partition coefficient (Wildman–Crippen LogP) is 4.72. The van der Waals surface area contributed by atoms with E-state index in [0.29, 0.717) is 0 Å². The lowest BCUT2D eigenvalue weighted by Crippen LogP contribution is -1.85. The molecule has 0 saturated heterocycles. The van der Waals surface area contributed by atoms with Crippen molar-refractivity contribution in [2.75, 3.05) is 0 Å². The van der Waals surface area contributed by atoms with Crippen molar-refractivity contribution in [1.29, 1.82) is 0 Å². The minimum absolute atomic E-state index is 0.260. The van der Waals surface area contributed by atoms with Crippen LogP contribution < -0.4 is 0 Å². The zero-order chi connectivity index (χ0) is 15.6. The highest BCUT2D eigenvalue weighted by Gasteiger charge is 2.02. The third-order valence-electron chi connectivity index (χ3n) is 3.03. The Balaban J connectivity index is 1.96. The molecule has 0 atom stereocenters. The second kappa shape index (κ2) is 5.07. The molecule has 1 nitrogen and oxygen atoms in total. The van der Waals surface area contributed by atoms with E-state index in [4.69, 9.17) is 4.11 Å². The summed E-state index contributed by atoms with van der Waals surface area (Å²) < 4.78 is 22.2. The lowest BCUT2D eigenvalue weighted by molar-refractivity contribution is 1.27. The van der Waals surface area contributed by atoms with E-state index in [0.717, 1.165) is 22.4 Å². The van der Waals surface area contributed by atoms with E-state index in [1.54, 1.807) is 12.1 Å². The van der Waals surface area contributed by atoms with Gasteiger partial charge >= 0.3 is 0 Å². The first-order valence-electron chi connectivity index (χ1n) is 7.66. The van der Waals surface area contributed by atoms with Gasteiger partial charge < -0.3 is 0 Å². The molecule has 0 bridgehead atoms. The van der Waals surface area contributed by atoms with Crippen molar-refractivity contribution in [3.05, 3.63) is 78.5 Å². The highest BCUT2D eigenvalue weighted by molar-refractivity contribution is 5.71. The SMILES string of the molecule is [2H]C([2H])([2H])c1ccc(-c2cccc(-c3ccccc3)c2)nc1. The van der Waals surface area contributed by atoms with Crippen LogP contribution in [0.5, 0.6) is 0 Å². The van der Waals surface area contributed by atoms with Crippen molar-refractivity contribution in [2.45, 2.75) is 6.85 Å². The summed E-state index contributed by atoms with van der Waals surface area (Å²) in [7, 11) is 0. The van der Waals surface area contributed by atoms with Crippen LogP contribution in [0.4, 0.5) is 0 Å². The number of rotatable bonds is 2. The lowest BCUT2D eigenvalue weighted by atomic mass is 10.0. The van der Waals surface area contributed by atoms with Gasteiger partial charge in [-0.25, -0.2) is 0 Å². The molecule has 92 valence electrons. The maximum atomic E-state index is 7.39. The van der Waals surface area contributed by atoms with E-state index < -0.39 is 6.85 Å². The van der Waals surface area contributed by atoms with Gasteiger partial charge in [-0.3, -0.25) is 4.98 Å². The van der Waals surface area contributed by atoms with Crippen molar-refractivity contribution in [1.82, 2.24) is 4.98 Å². The number of pyridine rings is 1. The van der Waals surface area contributed by atoms with Crippen LogP contribution >= 0.6 is 0 Å². The van der Waals surface area contributed by atoms with Crippen LogP contribution in [-0.4, -0.2) is 4.98 Å². The van der Waals surface area contributed by atoms with E-state index in [2.05, 4.69) is 29.2 Å². The third-order valence-corrected chi connectivity index (χ3v) is 3.03. The van der Waals surface area contributed by atoms with Gasteiger partial charge in [0.25, 0.3) is 0 Å². The Hall–Kier alpha value is -2.41. The Morgan fingerprint density at radius 2 is 1.58 bits per heavy atom. The molecule has 0 saturated carbocycles. The van der Waals surface area contributed by atoms with Crippen molar-refractivity contribution >= 4 is 0 Å². The molecule has 1 aromatic heterocycles. The zero-order valence-electron chi connectivity index (χ0n) is 13.4. The van der Waals surface area contributed by atoms with Crippen LogP contribution in [0.2, 0.25) is 0 Å². The zero-order valence-corrected chi connectivity index (χ0v) is 10.4. The maximum Gasteiger partial charge on any atom is 0.0702 e. The molecule has 3 rings (SSSR count). The summed E-state index contributed by atoms with van der Waals surface area (Å²) >= 11 is 0. The van der Waals surface area contributed by atoms with Crippen LogP contribution in [-0.2, 0) is 0 Å². The molecule has 0 N–H and O–H groups in total. The van der Waals surface area contributed by atoms with E-state index in [9.17, 15) is 0 Å². The number of aromatic nitrogens is 1. The summed E-state index contributed by atoms with van der Waals surface area (Å²) in [5, 5.41) is 0. The average Bonchev–Trinajstić information content (AvgIpc) is 2.55. The summed E-state index contributed by atoms with van der Waals surface area (Å²) in [6.45, 7) is -2.11. The first kappa shape index (κ1) is 8.65. The van der Waals surface area contributed by atoms with Crippen molar-refractivity contribution in [3.8, 4) is 22.4 Å². The molecule has 0 spiro atoms. The quantitative estimate of drug-likeness (QED) is 0.639. The van der Waals surface area contributed by atoms with Gasteiger partial charge in [-0.2, -0.15) is 0 Å². The van der Waals surface area contributed by atoms with Gasteiger partial charge in [0.2, 0.25) is 0 Å². The minimum atomic E-state index is -2.11. The van der Waals surface area contributed by atoms with Crippen LogP contribution in [0.3, 0.4) is 0 Å². The van der Waals surface area contributed by atoms with Crippen LogP contribution in [0.25, 0.3) is 22.4 Å². The highest BCUT2D eigenvalue weighted by atomic mass is 14.7. The van der Waals surface area contributed by atoms with Gasteiger partial charge in [-0.1, -0.05) is 54.6 Å². The fraction of sp³-hybridized carbons (Fsp3) is 0.0556. The molecule has 0 unspecified atom stereocenters. The minimum Gasteiger partial charge on any atom is -0.256 e. The second-order valence-corrected chi connectivity index (χ2v) is 4.38. The number of aryl methyl sites for hydroxylation is 1. The maximum absolute atomic E-state index is 7.39. The fourth-order valence-corrected chi connectivity index (χ4v) is 2.05. The summed E-state index contributed by atoms with van der Waals surface area (Å²) in [5.41, 5.74) is 4.25. The van der Waals surface area contributed by atoms with E-state index in [1.807, 2.05) is 30.3 Å². The van der Waals surface area contributed by atoms with Crippen molar-refractivity contribution in [2.24, 2.45) is 0 Å². The van der Waals surface area contributed by atoms with Crippen LogP contribution in [0.1, 0.15) is 9.68 Å². The summed E-state index contributed by atoms with van der Waals surface area (Å²) in [6.07, 6.45) is 1.43. The molecule has 2 aromatic carbocycles. The Labute approximate surface area is 117 Å². The smallest absolute Gasteiger partial charge is 0.0702 e. The predicted molar refractivity (Wildman–Crippen MR) is 79.8 cm³/mol. The van der Waals surface area contributed by atoms with Crippen LogP contribution in [0.15, 0.2) is 72.9 Å². The fourth-order valence-electron chi connectivity index (χ4n) is 2.05. The molecule has 0 aliphatic carbocycles. The summed E-state index contributed by atoms with van der Waals surface area (Å²) in [4.78, 5) is 4.29. The van der Waals surface area contributed by atoms with Gasteiger partial charge in [-0.15, -0.1) is 0 Å². The summed E-state index contributed by atoms with van der Waals surface area (Å²) in [5.74, 6) is 0. The molecule has 0 amide bonds. The number of hydrogen-bond acceptors (Lipinski definition) is 1. The Morgan fingerprint density at radius 3 is 2.32 bits per heavy atom. The molecule has 3 aromatic rings. The average molecular weight is 248 g/mol. The first-order chi connectivity index (χ1) is 10.5. The van der Waals surface area contributed by atoms with Gasteiger partial charge in [0.05, 0.1) is 5.69 Å². The van der Waals surface area contributed by atoms with E-state index in [1.165, 1.54) is 6.20 Å². The molecular formula is C18H15N. The Bertz CT molecular complexity index is 762. The molecular weight excluding hydrogens is 230 g/mol. The topological polar surface area (TPSA) is 12.9 Å². The first-order valence-corrected chi connectivity index (χ1v) is 6.16. The number of nitrogens with zero attached hydrogens (tertiary/aromatic N) is 1. The van der Waals surface area contributed by atoms with Crippen molar-refractivity contribution in [3.63, 3.8) is 0 Å². The normalized spacial score (nSPS) is 13.4. The molecule has 0 aliphatic heterocycles. The molecule has 0 radical (unpaired) electrons. The molecule has 19 heavy (non-hydrogen) atoms. The van der Waals surface area contributed by atoms with Gasteiger partial charge in [-0.05, 0) is 35.7 Å². The number of hydrogen-bond donors (Lipinski definition) is 0. The molecule has 0 fully saturated rings. The monoisotopic (exact) mass is 248 g/mol. The molecule has 1 heteroatoms. The van der Waals surface area contributed by atoms with E-state index in [-0.39, 0.29) is 5.56 Å². The number of benzene rings is 2. The second-order valence-electron chi connectivity index (χ2n) is 4.38. The van der Waals surface area contributed by atoms with Crippen molar-refractivity contribution < 1.29 is 4.11 Å².